The maximum atomic E-state index is 12.7. The number of unbranched alkanes of at least 4 members (excludes halogenated alkanes) is 28. The van der Waals surface area contributed by atoms with Crippen LogP contribution in [0.4, 0.5) is 0 Å². The molecule has 0 aliphatic rings. The molecule has 1 unspecified atom stereocenters. The van der Waals surface area contributed by atoms with E-state index in [0.717, 1.165) is 83.5 Å². The van der Waals surface area contributed by atoms with Crippen LogP contribution in [0, 0.1) is 0 Å². The van der Waals surface area contributed by atoms with Crippen molar-refractivity contribution < 1.29 is 28.6 Å². The summed E-state index contributed by atoms with van der Waals surface area (Å²) < 4.78 is 16.7. The molecule has 0 radical (unpaired) electrons. The van der Waals surface area contributed by atoms with Gasteiger partial charge in [0.05, 0.1) is 0 Å². The van der Waals surface area contributed by atoms with Gasteiger partial charge >= 0.3 is 17.9 Å². The smallest absolute Gasteiger partial charge is 0.306 e. The molecular formula is C55H98O6. The molecule has 0 aromatic rings. The molecule has 6 nitrogen and oxygen atoms in total. The number of esters is 3. The molecule has 0 N–H and O–H groups in total. The topological polar surface area (TPSA) is 78.9 Å². The van der Waals surface area contributed by atoms with Crippen molar-refractivity contribution >= 4 is 17.9 Å². The van der Waals surface area contributed by atoms with Crippen LogP contribution in [0.25, 0.3) is 0 Å². The minimum Gasteiger partial charge on any atom is -0.462 e. The molecule has 0 aliphatic heterocycles. The van der Waals surface area contributed by atoms with Gasteiger partial charge < -0.3 is 14.2 Å². The van der Waals surface area contributed by atoms with Crippen LogP contribution in [0.15, 0.2) is 48.6 Å². The predicted molar refractivity (Wildman–Crippen MR) is 261 cm³/mol. The lowest BCUT2D eigenvalue weighted by atomic mass is 10.1. The molecule has 1 atom stereocenters. The lowest BCUT2D eigenvalue weighted by molar-refractivity contribution is -0.167. The molecule has 0 saturated heterocycles. The van der Waals surface area contributed by atoms with Crippen molar-refractivity contribution in [2.24, 2.45) is 0 Å². The zero-order valence-corrected chi connectivity index (χ0v) is 40.4. The molecule has 0 amide bonds. The third kappa shape index (κ3) is 48.3. The van der Waals surface area contributed by atoms with Crippen molar-refractivity contribution in [3.63, 3.8) is 0 Å². The Hall–Kier alpha value is -2.63. The molecule has 0 bridgehead atoms. The fourth-order valence-corrected chi connectivity index (χ4v) is 7.39. The summed E-state index contributed by atoms with van der Waals surface area (Å²) in [6.45, 7) is 6.49. The van der Waals surface area contributed by atoms with E-state index in [0.29, 0.717) is 19.3 Å². The normalized spacial score (nSPS) is 12.4. The summed E-state index contributed by atoms with van der Waals surface area (Å²) in [7, 11) is 0. The first-order valence-electron chi connectivity index (χ1n) is 26.1. The summed E-state index contributed by atoms with van der Waals surface area (Å²) in [5, 5.41) is 0. The third-order valence-electron chi connectivity index (χ3n) is 11.3. The third-order valence-corrected chi connectivity index (χ3v) is 11.3. The van der Waals surface area contributed by atoms with Gasteiger partial charge in [-0.1, -0.05) is 217 Å². The van der Waals surface area contributed by atoms with Crippen LogP contribution >= 0.6 is 0 Å². The van der Waals surface area contributed by atoms with Crippen molar-refractivity contribution in [1.82, 2.24) is 0 Å². The fraction of sp³-hybridized carbons (Fsp3) is 0.800. The quantitative estimate of drug-likeness (QED) is 0.0263. The monoisotopic (exact) mass is 855 g/mol. The Morgan fingerprint density at radius 3 is 1.03 bits per heavy atom. The molecule has 0 saturated carbocycles. The second-order valence-electron chi connectivity index (χ2n) is 17.4. The van der Waals surface area contributed by atoms with Crippen LogP contribution in [0.1, 0.15) is 265 Å². The van der Waals surface area contributed by atoms with Gasteiger partial charge in [-0.3, -0.25) is 14.4 Å². The van der Waals surface area contributed by atoms with Gasteiger partial charge in [-0.05, 0) is 77.0 Å². The first-order chi connectivity index (χ1) is 30.0. The molecule has 6 heteroatoms. The first kappa shape index (κ1) is 58.4. The number of hydrogen-bond acceptors (Lipinski definition) is 6. The zero-order chi connectivity index (χ0) is 44.4. The second-order valence-corrected chi connectivity index (χ2v) is 17.4. The van der Waals surface area contributed by atoms with E-state index in [1.165, 1.54) is 141 Å². The zero-order valence-electron chi connectivity index (χ0n) is 40.4. The van der Waals surface area contributed by atoms with Crippen LogP contribution in [0.5, 0.6) is 0 Å². The van der Waals surface area contributed by atoms with E-state index < -0.39 is 6.10 Å². The maximum Gasteiger partial charge on any atom is 0.306 e. The van der Waals surface area contributed by atoms with Gasteiger partial charge in [0.25, 0.3) is 0 Å². The Labute approximate surface area is 378 Å². The molecule has 0 aromatic heterocycles. The van der Waals surface area contributed by atoms with E-state index in [4.69, 9.17) is 14.2 Å². The summed E-state index contributed by atoms with van der Waals surface area (Å²) in [6, 6.07) is 0. The molecule has 0 rings (SSSR count). The Bertz CT molecular complexity index is 1070. The molecule has 0 aliphatic carbocycles. The van der Waals surface area contributed by atoms with Crippen molar-refractivity contribution in [2.45, 2.75) is 271 Å². The number of hydrogen-bond donors (Lipinski definition) is 0. The van der Waals surface area contributed by atoms with E-state index in [9.17, 15) is 14.4 Å². The van der Waals surface area contributed by atoms with Crippen LogP contribution in [-0.4, -0.2) is 37.2 Å². The highest BCUT2D eigenvalue weighted by atomic mass is 16.6. The molecule has 61 heavy (non-hydrogen) atoms. The lowest BCUT2D eigenvalue weighted by Crippen LogP contribution is -2.30. The van der Waals surface area contributed by atoms with E-state index in [1.54, 1.807) is 0 Å². The van der Waals surface area contributed by atoms with Crippen molar-refractivity contribution in [2.75, 3.05) is 13.2 Å². The summed E-state index contributed by atoms with van der Waals surface area (Å²) in [4.78, 5) is 37.8. The minimum absolute atomic E-state index is 0.0839. The van der Waals surface area contributed by atoms with Gasteiger partial charge in [0, 0.05) is 19.3 Å². The second kappa shape index (κ2) is 50.0. The number of rotatable bonds is 47. The average molecular weight is 855 g/mol. The number of allylic oxidation sites excluding steroid dienone is 8. The molecular weight excluding hydrogens is 757 g/mol. The van der Waals surface area contributed by atoms with E-state index in [2.05, 4.69) is 69.4 Å². The van der Waals surface area contributed by atoms with Crippen molar-refractivity contribution in [1.29, 1.82) is 0 Å². The van der Waals surface area contributed by atoms with Gasteiger partial charge in [0.1, 0.15) is 13.2 Å². The first-order valence-corrected chi connectivity index (χ1v) is 26.1. The van der Waals surface area contributed by atoms with Gasteiger partial charge in [-0.25, -0.2) is 0 Å². The van der Waals surface area contributed by atoms with Crippen molar-refractivity contribution in [3.8, 4) is 0 Å². The number of ether oxygens (including phenoxy) is 3. The van der Waals surface area contributed by atoms with Crippen LogP contribution < -0.4 is 0 Å². The van der Waals surface area contributed by atoms with E-state index in [1.807, 2.05) is 0 Å². The van der Waals surface area contributed by atoms with Crippen LogP contribution in [0.3, 0.4) is 0 Å². The summed E-state index contributed by atoms with van der Waals surface area (Å²) in [5.41, 5.74) is 0. The van der Waals surface area contributed by atoms with E-state index >= 15 is 0 Å². The molecule has 0 fully saturated rings. The number of carbonyl (C=O) groups excluding carboxylic acids is 3. The Morgan fingerprint density at radius 2 is 0.639 bits per heavy atom. The highest BCUT2D eigenvalue weighted by Crippen LogP contribution is 2.15. The van der Waals surface area contributed by atoms with Crippen LogP contribution in [0.2, 0.25) is 0 Å². The Morgan fingerprint density at radius 1 is 0.344 bits per heavy atom. The highest BCUT2D eigenvalue weighted by molar-refractivity contribution is 5.71. The van der Waals surface area contributed by atoms with Gasteiger partial charge in [-0.2, -0.15) is 0 Å². The Balaban J connectivity index is 4.27. The Kier molecular flexibility index (Phi) is 47.9. The number of carbonyl (C=O) groups is 3. The highest BCUT2D eigenvalue weighted by Gasteiger charge is 2.19. The largest absolute Gasteiger partial charge is 0.462 e. The average Bonchev–Trinajstić information content (AvgIpc) is 3.26. The minimum atomic E-state index is -0.785. The molecule has 0 spiro atoms. The summed E-state index contributed by atoms with van der Waals surface area (Å²) >= 11 is 0. The van der Waals surface area contributed by atoms with E-state index in [-0.39, 0.29) is 31.1 Å². The van der Waals surface area contributed by atoms with Crippen LogP contribution in [-0.2, 0) is 28.6 Å². The van der Waals surface area contributed by atoms with Crippen molar-refractivity contribution in [3.05, 3.63) is 48.6 Å². The summed E-state index contributed by atoms with van der Waals surface area (Å²) in [5.74, 6) is -0.912. The fourth-order valence-electron chi connectivity index (χ4n) is 7.39. The maximum absolute atomic E-state index is 12.7. The SMILES string of the molecule is CC/C=C\C/C=C\C/C=C\CCCCCC(=O)OC(COC(=O)CCCCCCCCCCC)COC(=O)CCCCCCCCCCC/C=C\CCCCCCCCCC. The van der Waals surface area contributed by atoms with Gasteiger partial charge in [-0.15, -0.1) is 0 Å². The van der Waals surface area contributed by atoms with Gasteiger partial charge in [0.2, 0.25) is 0 Å². The van der Waals surface area contributed by atoms with Gasteiger partial charge in [0.15, 0.2) is 6.10 Å². The molecule has 0 heterocycles. The molecule has 0 aromatic carbocycles. The lowest BCUT2D eigenvalue weighted by Gasteiger charge is -2.18. The molecule has 354 valence electrons. The standard InChI is InChI=1S/C55H98O6/c1-4-7-10-13-16-19-21-23-24-25-26-27-28-29-30-32-33-36-39-42-45-48-54(57)60-51-52(50-59-53(56)47-44-41-38-35-18-15-12-9-6-3)61-55(58)49-46-43-40-37-34-31-22-20-17-14-11-8-5-2/h8,11,17,20,25-26,31,34,52H,4-7,9-10,12-16,18-19,21-24,27-30,32-33,35-51H2,1-3H3/b11-8-,20-17-,26-25-,34-31-. The summed E-state index contributed by atoms with van der Waals surface area (Å²) in [6.07, 6.45) is 59.7. The predicted octanol–water partition coefficient (Wildman–Crippen LogP) is 17.1.